The lowest BCUT2D eigenvalue weighted by atomic mass is 9.99. The third kappa shape index (κ3) is 4.77. The Morgan fingerprint density at radius 2 is 1.76 bits per heavy atom. The number of halogens is 1. The Kier molecular flexibility index (Phi) is 6.11. The molecule has 0 aliphatic carbocycles. The van der Waals surface area contributed by atoms with Gasteiger partial charge >= 0.3 is 5.63 Å². The molecule has 1 N–H and O–H groups in total. The van der Waals surface area contributed by atoms with E-state index >= 15 is 0 Å². The van der Waals surface area contributed by atoms with Crippen LogP contribution in [0.15, 0.2) is 45.8 Å². The van der Waals surface area contributed by atoms with Crippen molar-refractivity contribution in [2.75, 3.05) is 26.2 Å². The van der Waals surface area contributed by atoms with E-state index in [2.05, 4.69) is 15.9 Å². The highest BCUT2D eigenvalue weighted by atomic mass is 19.1. The molecule has 0 unspecified atom stereocenters. The third-order valence-electron chi connectivity index (χ3n) is 5.88. The minimum absolute atomic E-state index is 0.0696. The summed E-state index contributed by atoms with van der Waals surface area (Å²) in [6.45, 7) is 4.42. The van der Waals surface area contributed by atoms with Crippen LogP contribution in [0.25, 0.3) is 5.57 Å². The Bertz CT molecular complexity index is 930. The quantitative estimate of drug-likeness (QED) is 0.831. The Labute approximate surface area is 170 Å². The van der Waals surface area contributed by atoms with Crippen molar-refractivity contribution in [3.05, 3.63) is 69.5 Å². The second-order valence-electron chi connectivity index (χ2n) is 7.93. The van der Waals surface area contributed by atoms with E-state index in [1.54, 1.807) is 12.1 Å². The fraction of sp³-hybridized carbons (Fsp3) is 0.435. The summed E-state index contributed by atoms with van der Waals surface area (Å²) in [6, 6.07) is 6.53. The Balaban J connectivity index is 1.44. The minimum atomic E-state index is -0.474. The molecule has 0 radical (unpaired) electrons. The van der Waals surface area contributed by atoms with Crippen LogP contribution in [0.1, 0.15) is 42.4 Å². The second-order valence-corrected chi connectivity index (χ2v) is 7.93. The van der Waals surface area contributed by atoms with Crippen LogP contribution >= 0.6 is 0 Å². The lowest BCUT2D eigenvalue weighted by Crippen LogP contribution is -2.31. The van der Waals surface area contributed by atoms with Crippen molar-refractivity contribution in [3.63, 3.8) is 0 Å². The summed E-state index contributed by atoms with van der Waals surface area (Å²) in [6.07, 6.45) is 7.90. The normalized spacial score (nSPS) is 18.6. The molecule has 0 bridgehead atoms. The molecule has 2 aromatic rings. The van der Waals surface area contributed by atoms with Crippen LogP contribution in [-0.2, 0) is 13.1 Å². The highest BCUT2D eigenvalue weighted by molar-refractivity contribution is 5.66. The van der Waals surface area contributed by atoms with E-state index in [4.69, 9.17) is 4.42 Å². The van der Waals surface area contributed by atoms with Crippen LogP contribution < -0.4 is 5.63 Å². The van der Waals surface area contributed by atoms with Gasteiger partial charge in [0.2, 0.25) is 0 Å². The molecule has 1 aromatic carbocycles. The fourth-order valence-corrected chi connectivity index (χ4v) is 4.16. The van der Waals surface area contributed by atoms with E-state index < -0.39 is 5.63 Å². The maximum absolute atomic E-state index is 13.1. The van der Waals surface area contributed by atoms with Gasteiger partial charge in [-0.15, -0.1) is 0 Å². The van der Waals surface area contributed by atoms with Crippen LogP contribution in [0.5, 0.6) is 5.75 Å². The molecule has 6 heteroatoms. The smallest absolute Gasteiger partial charge is 0.343 e. The maximum atomic E-state index is 13.1. The molecule has 2 aliphatic rings. The first-order valence-electron chi connectivity index (χ1n) is 10.3. The number of nitrogens with zero attached hydrogens (tertiary/aromatic N) is 2. The van der Waals surface area contributed by atoms with Gasteiger partial charge in [-0.3, -0.25) is 9.80 Å². The van der Waals surface area contributed by atoms with Crippen molar-refractivity contribution in [2.24, 2.45) is 0 Å². The van der Waals surface area contributed by atoms with Gasteiger partial charge in [0, 0.05) is 31.7 Å². The summed E-state index contributed by atoms with van der Waals surface area (Å²) in [5.41, 5.74) is 2.74. The van der Waals surface area contributed by atoms with Crippen molar-refractivity contribution < 1.29 is 13.9 Å². The molecular weight excluding hydrogens is 371 g/mol. The fourth-order valence-electron chi connectivity index (χ4n) is 4.16. The van der Waals surface area contributed by atoms with Gasteiger partial charge in [0.25, 0.3) is 0 Å². The number of hydrogen-bond acceptors (Lipinski definition) is 5. The number of likely N-dealkylation sites (tertiary alicyclic amines) is 1. The number of aromatic hydroxyl groups is 1. The molecule has 4 rings (SSSR count). The first-order chi connectivity index (χ1) is 14.1. The molecule has 0 amide bonds. The molecule has 0 atom stereocenters. The molecule has 0 saturated carbocycles. The van der Waals surface area contributed by atoms with Gasteiger partial charge in [0.1, 0.15) is 17.8 Å². The summed E-state index contributed by atoms with van der Waals surface area (Å²) in [5, 5.41) is 10.7. The lowest BCUT2D eigenvalue weighted by molar-refractivity contribution is 0.215. The molecule has 0 spiro atoms. The average molecular weight is 398 g/mol. The highest BCUT2D eigenvalue weighted by Gasteiger charge is 2.21. The summed E-state index contributed by atoms with van der Waals surface area (Å²) in [5.74, 6) is -0.168. The van der Waals surface area contributed by atoms with Crippen LogP contribution in [0.4, 0.5) is 4.39 Å². The Hall–Kier alpha value is -2.44. The van der Waals surface area contributed by atoms with Crippen LogP contribution in [-0.4, -0.2) is 41.1 Å². The molecule has 5 nitrogen and oxygen atoms in total. The van der Waals surface area contributed by atoms with Gasteiger partial charge in [-0.1, -0.05) is 24.6 Å². The molecule has 154 valence electrons. The van der Waals surface area contributed by atoms with Crippen molar-refractivity contribution in [3.8, 4) is 5.75 Å². The predicted molar refractivity (Wildman–Crippen MR) is 110 cm³/mol. The van der Waals surface area contributed by atoms with Crippen molar-refractivity contribution >= 4 is 5.57 Å². The summed E-state index contributed by atoms with van der Waals surface area (Å²) in [7, 11) is 0. The van der Waals surface area contributed by atoms with Gasteiger partial charge in [-0.25, -0.2) is 9.18 Å². The first kappa shape index (κ1) is 19.9. The third-order valence-corrected chi connectivity index (χ3v) is 5.88. The van der Waals surface area contributed by atoms with Gasteiger partial charge < -0.3 is 9.52 Å². The Morgan fingerprint density at radius 1 is 1.00 bits per heavy atom. The van der Waals surface area contributed by atoms with Gasteiger partial charge in [0.15, 0.2) is 0 Å². The maximum Gasteiger partial charge on any atom is 0.343 e. The van der Waals surface area contributed by atoms with E-state index in [1.165, 1.54) is 43.2 Å². The minimum Gasteiger partial charge on any atom is -0.507 e. The van der Waals surface area contributed by atoms with Gasteiger partial charge in [-0.2, -0.15) is 0 Å². The van der Waals surface area contributed by atoms with Crippen molar-refractivity contribution in [1.82, 2.24) is 9.80 Å². The summed E-state index contributed by atoms with van der Waals surface area (Å²) >= 11 is 0. The second kappa shape index (κ2) is 8.93. The average Bonchev–Trinajstić information content (AvgIpc) is 2.75. The largest absolute Gasteiger partial charge is 0.507 e. The first-order valence-corrected chi connectivity index (χ1v) is 10.3. The van der Waals surface area contributed by atoms with Gasteiger partial charge in [-0.05, 0) is 55.6 Å². The van der Waals surface area contributed by atoms with Gasteiger partial charge in [0.05, 0.1) is 5.56 Å². The Morgan fingerprint density at radius 3 is 2.45 bits per heavy atom. The van der Waals surface area contributed by atoms with Crippen molar-refractivity contribution in [1.29, 1.82) is 0 Å². The van der Waals surface area contributed by atoms with Crippen LogP contribution in [0, 0.1) is 5.82 Å². The van der Waals surface area contributed by atoms with E-state index in [1.807, 2.05) is 0 Å². The molecule has 1 saturated heterocycles. The van der Waals surface area contributed by atoms with Crippen molar-refractivity contribution in [2.45, 2.75) is 38.8 Å². The predicted octanol–water partition coefficient (Wildman–Crippen LogP) is 3.76. The van der Waals surface area contributed by atoms with E-state index in [-0.39, 0.29) is 11.6 Å². The number of rotatable bonds is 5. The topological polar surface area (TPSA) is 56.9 Å². The van der Waals surface area contributed by atoms with Crippen LogP contribution in [0.3, 0.4) is 0 Å². The number of hydrogen-bond donors (Lipinski definition) is 1. The zero-order chi connectivity index (χ0) is 20.2. The molecular formula is C23H27FN2O3. The number of piperidine rings is 1. The lowest BCUT2D eigenvalue weighted by Gasteiger charge is -2.28. The van der Waals surface area contributed by atoms with Crippen LogP contribution in [0.2, 0.25) is 0 Å². The zero-order valence-corrected chi connectivity index (χ0v) is 16.6. The van der Waals surface area contributed by atoms with E-state index in [0.29, 0.717) is 30.8 Å². The summed E-state index contributed by atoms with van der Waals surface area (Å²) in [4.78, 5) is 16.7. The van der Waals surface area contributed by atoms with E-state index in [0.717, 1.165) is 31.6 Å². The molecule has 1 fully saturated rings. The monoisotopic (exact) mass is 398 g/mol. The SMILES string of the molecule is O=c1occ(CN2CCCCC2)c(O)c1CN1CC=C(c2ccc(F)cc2)CC1. The number of benzene rings is 1. The van der Waals surface area contributed by atoms with E-state index in [9.17, 15) is 14.3 Å². The zero-order valence-electron chi connectivity index (χ0n) is 16.6. The molecule has 29 heavy (non-hydrogen) atoms. The highest BCUT2D eigenvalue weighted by Crippen LogP contribution is 2.27. The molecule has 2 aliphatic heterocycles. The standard InChI is InChI=1S/C23H27FN2O3/c24-20-6-4-17(5-7-20)18-8-12-26(13-9-18)15-21-22(27)19(16-29-23(21)28)14-25-10-2-1-3-11-25/h4-8,16,27H,1-3,9-15H2. The molecule has 1 aromatic heterocycles. The summed E-state index contributed by atoms with van der Waals surface area (Å²) < 4.78 is 18.4. The molecule has 3 heterocycles.